The zero-order chi connectivity index (χ0) is 18.6. The molecule has 7 heteroatoms. The molecule has 138 valence electrons. The SMILES string of the molecule is O=C(CCc1csc(-c2ccc(F)cc2)n1)NCc1ccc2c(c1)OCO2. The molecule has 3 aromatic rings. The number of aryl methyl sites for hydroxylation is 1. The largest absolute Gasteiger partial charge is 0.454 e. The molecule has 4 rings (SSSR count). The summed E-state index contributed by atoms with van der Waals surface area (Å²) in [5, 5.41) is 5.66. The van der Waals surface area contributed by atoms with Gasteiger partial charge in [0.1, 0.15) is 10.8 Å². The number of hydrogen-bond donors (Lipinski definition) is 1. The minimum atomic E-state index is -0.269. The number of aromatic nitrogens is 1. The number of ether oxygens (including phenoxy) is 2. The Kier molecular flexibility index (Phi) is 5.02. The van der Waals surface area contributed by atoms with Crippen LogP contribution in [0.15, 0.2) is 47.8 Å². The standard InChI is InChI=1S/C20H17FN2O3S/c21-15-4-2-14(3-5-15)20-23-16(11-27-20)6-8-19(24)22-10-13-1-7-17-18(9-13)26-12-25-17/h1-5,7,9,11H,6,8,10,12H2,(H,22,24). The third-order valence-electron chi connectivity index (χ3n) is 4.18. The predicted octanol–water partition coefficient (Wildman–Crippen LogP) is 3.93. The Hall–Kier alpha value is -2.93. The van der Waals surface area contributed by atoms with Crippen LogP contribution in [0.4, 0.5) is 4.39 Å². The molecule has 0 saturated carbocycles. The Labute approximate surface area is 159 Å². The highest BCUT2D eigenvalue weighted by atomic mass is 32.1. The van der Waals surface area contributed by atoms with Crippen LogP contribution >= 0.6 is 11.3 Å². The molecular weight excluding hydrogens is 367 g/mol. The maximum absolute atomic E-state index is 13.0. The van der Waals surface area contributed by atoms with Crippen molar-refractivity contribution in [1.29, 1.82) is 0 Å². The second kappa shape index (κ2) is 7.75. The highest BCUT2D eigenvalue weighted by Crippen LogP contribution is 2.32. The van der Waals surface area contributed by atoms with Crippen molar-refractivity contribution < 1.29 is 18.7 Å². The maximum atomic E-state index is 13.0. The first-order valence-corrected chi connectivity index (χ1v) is 9.41. The molecule has 0 saturated heterocycles. The number of halogens is 1. The van der Waals surface area contributed by atoms with Gasteiger partial charge in [-0.25, -0.2) is 9.37 Å². The number of thiazole rings is 1. The summed E-state index contributed by atoms with van der Waals surface area (Å²) in [5.74, 6) is 1.13. The Morgan fingerprint density at radius 2 is 1.96 bits per heavy atom. The zero-order valence-electron chi connectivity index (χ0n) is 14.4. The minimum absolute atomic E-state index is 0.0380. The summed E-state index contributed by atoms with van der Waals surface area (Å²) in [6.45, 7) is 0.673. The fraction of sp³-hybridized carbons (Fsp3) is 0.200. The van der Waals surface area contributed by atoms with Crippen LogP contribution in [0.5, 0.6) is 11.5 Å². The zero-order valence-corrected chi connectivity index (χ0v) is 15.2. The molecule has 2 aromatic carbocycles. The van der Waals surface area contributed by atoms with E-state index >= 15 is 0 Å². The van der Waals surface area contributed by atoms with E-state index in [9.17, 15) is 9.18 Å². The van der Waals surface area contributed by atoms with Gasteiger partial charge in [0.05, 0.1) is 5.69 Å². The molecule has 27 heavy (non-hydrogen) atoms. The highest BCUT2D eigenvalue weighted by Gasteiger charge is 2.13. The molecule has 0 bridgehead atoms. The van der Waals surface area contributed by atoms with Crippen molar-refractivity contribution in [1.82, 2.24) is 10.3 Å². The molecule has 0 fully saturated rings. The molecule has 0 radical (unpaired) electrons. The van der Waals surface area contributed by atoms with Crippen molar-refractivity contribution in [2.75, 3.05) is 6.79 Å². The van der Waals surface area contributed by atoms with Crippen LogP contribution in [0.2, 0.25) is 0 Å². The molecule has 2 heterocycles. The molecule has 0 aliphatic carbocycles. The van der Waals surface area contributed by atoms with Gasteiger partial charge in [-0.1, -0.05) is 6.07 Å². The number of carbonyl (C=O) groups is 1. The average Bonchev–Trinajstić information content (AvgIpc) is 3.34. The molecule has 1 aliphatic rings. The summed E-state index contributed by atoms with van der Waals surface area (Å²) in [7, 11) is 0. The van der Waals surface area contributed by atoms with Gasteiger partial charge in [-0.3, -0.25) is 4.79 Å². The third-order valence-corrected chi connectivity index (χ3v) is 5.12. The Bertz CT molecular complexity index is 956. The topological polar surface area (TPSA) is 60.5 Å². The van der Waals surface area contributed by atoms with Crippen molar-refractivity contribution in [3.05, 3.63) is 64.9 Å². The van der Waals surface area contributed by atoms with Gasteiger partial charge in [0, 0.05) is 23.9 Å². The van der Waals surface area contributed by atoms with Crippen LogP contribution in [0.1, 0.15) is 17.7 Å². The van der Waals surface area contributed by atoms with Crippen molar-refractivity contribution >= 4 is 17.2 Å². The lowest BCUT2D eigenvalue weighted by Crippen LogP contribution is -2.23. The first-order chi connectivity index (χ1) is 13.2. The van der Waals surface area contributed by atoms with Crippen LogP contribution < -0.4 is 14.8 Å². The normalized spacial score (nSPS) is 12.2. The monoisotopic (exact) mass is 384 g/mol. The van der Waals surface area contributed by atoms with Gasteiger partial charge in [0.15, 0.2) is 11.5 Å². The smallest absolute Gasteiger partial charge is 0.231 e. The lowest BCUT2D eigenvalue weighted by atomic mass is 10.2. The van der Waals surface area contributed by atoms with Gasteiger partial charge < -0.3 is 14.8 Å². The van der Waals surface area contributed by atoms with Crippen LogP contribution in [-0.2, 0) is 17.8 Å². The van der Waals surface area contributed by atoms with Gasteiger partial charge in [-0.2, -0.15) is 0 Å². The molecule has 1 aromatic heterocycles. The second-order valence-electron chi connectivity index (χ2n) is 6.12. The fourth-order valence-electron chi connectivity index (χ4n) is 2.73. The van der Waals surface area contributed by atoms with Gasteiger partial charge >= 0.3 is 0 Å². The summed E-state index contributed by atoms with van der Waals surface area (Å²) >= 11 is 1.49. The predicted molar refractivity (Wildman–Crippen MR) is 100 cm³/mol. The lowest BCUT2D eigenvalue weighted by molar-refractivity contribution is -0.121. The first-order valence-electron chi connectivity index (χ1n) is 8.53. The lowest BCUT2D eigenvalue weighted by Gasteiger charge is -2.06. The number of amides is 1. The minimum Gasteiger partial charge on any atom is -0.454 e. The highest BCUT2D eigenvalue weighted by molar-refractivity contribution is 7.13. The van der Waals surface area contributed by atoms with Crippen LogP contribution in [0.25, 0.3) is 10.6 Å². The van der Waals surface area contributed by atoms with Gasteiger partial charge in [0.2, 0.25) is 12.7 Å². The molecule has 5 nitrogen and oxygen atoms in total. The number of rotatable bonds is 6. The molecular formula is C20H17FN2O3S. The Balaban J connectivity index is 1.27. The van der Waals surface area contributed by atoms with E-state index in [4.69, 9.17) is 9.47 Å². The van der Waals surface area contributed by atoms with Crippen LogP contribution in [-0.4, -0.2) is 17.7 Å². The number of fused-ring (bicyclic) bond motifs is 1. The van der Waals surface area contributed by atoms with Crippen molar-refractivity contribution in [2.45, 2.75) is 19.4 Å². The van der Waals surface area contributed by atoms with E-state index in [0.717, 1.165) is 27.6 Å². The fourth-order valence-corrected chi connectivity index (χ4v) is 3.59. The maximum Gasteiger partial charge on any atom is 0.231 e. The van der Waals surface area contributed by atoms with E-state index in [1.807, 2.05) is 23.6 Å². The summed E-state index contributed by atoms with van der Waals surface area (Å²) < 4.78 is 23.6. The Morgan fingerprint density at radius 3 is 2.81 bits per heavy atom. The van der Waals surface area contributed by atoms with E-state index in [2.05, 4.69) is 10.3 Å². The van der Waals surface area contributed by atoms with E-state index in [1.165, 1.54) is 23.5 Å². The summed E-state index contributed by atoms with van der Waals surface area (Å²) in [4.78, 5) is 16.6. The number of hydrogen-bond acceptors (Lipinski definition) is 5. The molecule has 0 atom stereocenters. The number of nitrogens with zero attached hydrogens (tertiary/aromatic N) is 1. The first kappa shape index (κ1) is 17.5. The van der Waals surface area contributed by atoms with E-state index < -0.39 is 0 Å². The van der Waals surface area contributed by atoms with E-state index in [1.54, 1.807) is 12.1 Å². The van der Waals surface area contributed by atoms with Crippen molar-refractivity contribution in [3.8, 4) is 22.1 Å². The quantitative estimate of drug-likeness (QED) is 0.700. The molecule has 1 aliphatic heterocycles. The van der Waals surface area contributed by atoms with Crippen molar-refractivity contribution in [3.63, 3.8) is 0 Å². The van der Waals surface area contributed by atoms with Gasteiger partial charge in [0.25, 0.3) is 0 Å². The van der Waals surface area contributed by atoms with Gasteiger partial charge in [-0.05, 0) is 48.4 Å². The van der Waals surface area contributed by atoms with Crippen LogP contribution in [0.3, 0.4) is 0 Å². The van der Waals surface area contributed by atoms with E-state index in [-0.39, 0.29) is 18.5 Å². The molecule has 1 N–H and O–H groups in total. The van der Waals surface area contributed by atoms with E-state index in [0.29, 0.717) is 25.1 Å². The number of benzene rings is 2. The van der Waals surface area contributed by atoms with Gasteiger partial charge in [-0.15, -0.1) is 11.3 Å². The second-order valence-corrected chi connectivity index (χ2v) is 6.97. The number of carbonyl (C=O) groups excluding carboxylic acids is 1. The van der Waals surface area contributed by atoms with Crippen LogP contribution in [0, 0.1) is 5.82 Å². The average molecular weight is 384 g/mol. The summed E-state index contributed by atoms with van der Waals surface area (Å²) in [6.07, 6.45) is 0.918. The summed E-state index contributed by atoms with van der Waals surface area (Å²) in [5.41, 5.74) is 2.69. The molecule has 1 amide bonds. The number of nitrogens with one attached hydrogen (secondary N) is 1. The van der Waals surface area contributed by atoms with Crippen molar-refractivity contribution in [2.24, 2.45) is 0 Å². The molecule has 0 spiro atoms. The molecule has 0 unspecified atom stereocenters. The summed E-state index contributed by atoms with van der Waals surface area (Å²) in [6, 6.07) is 11.9. The Morgan fingerprint density at radius 1 is 1.15 bits per heavy atom. The third kappa shape index (κ3) is 4.25.